The summed E-state index contributed by atoms with van der Waals surface area (Å²) >= 11 is 0. The number of halogens is 3. The highest BCUT2D eigenvalue weighted by molar-refractivity contribution is 5.50. The molecule has 0 aromatic carbocycles. The maximum atomic E-state index is 12.8. The summed E-state index contributed by atoms with van der Waals surface area (Å²) in [4.78, 5) is 3.98. The smallest absolute Gasteiger partial charge is 0.394 e. The molecule has 0 fully saturated rings. The number of nitrogens with one attached hydrogen (secondary N) is 2. The van der Waals surface area contributed by atoms with Gasteiger partial charge in [0.15, 0.2) is 0 Å². The number of aromatic nitrogens is 1. The number of rotatable bonds is 7. The van der Waals surface area contributed by atoms with Gasteiger partial charge < -0.3 is 20.8 Å². The van der Waals surface area contributed by atoms with Gasteiger partial charge in [-0.05, 0) is 18.6 Å². The largest absolute Gasteiger partial charge is 0.416 e. The number of hydrogen-bond donors (Lipinski definition) is 4. The van der Waals surface area contributed by atoms with E-state index in [1.807, 2.05) is 6.92 Å². The van der Waals surface area contributed by atoms with Crippen LogP contribution in [0.4, 0.5) is 24.8 Å². The highest BCUT2D eigenvalue weighted by Gasteiger charge is 2.31. The zero-order valence-electron chi connectivity index (χ0n) is 11.0. The molecule has 4 N–H and O–H groups in total. The summed E-state index contributed by atoms with van der Waals surface area (Å²) < 4.78 is 38.4. The highest BCUT2D eigenvalue weighted by atomic mass is 19.4. The Morgan fingerprint density at radius 2 is 1.80 bits per heavy atom. The summed E-state index contributed by atoms with van der Waals surface area (Å²) in [7, 11) is 0. The van der Waals surface area contributed by atoms with E-state index in [-0.39, 0.29) is 11.6 Å². The van der Waals surface area contributed by atoms with Crippen LogP contribution in [0.2, 0.25) is 0 Å². The molecule has 0 amide bonds. The van der Waals surface area contributed by atoms with Gasteiger partial charge in [-0.25, -0.2) is 4.98 Å². The van der Waals surface area contributed by atoms with Crippen LogP contribution in [-0.4, -0.2) is 41.0 Å². The molecule has 20 heavy (non-hydrogen) atoms. The predicted octanol–water partition coefficient (Wildman–Crippen LogP) is 1.69. The van der Waals surface area contributed by atoms with E-state index >= 15 is 0 Å². The van der Waals surface area contributed by atoms with Crippen LogP contribution in [0.3, 0.4) is 0 Å². The van der Waals surface area contributed by atoms with E-state index in [1.165, 1.54) is 0 Å². The van der Waals surface area contributed by atoms with Crippen LogP contribution in [0, 0.1) is 0 Å². The van der Waals surface area contributed by atoms with Crippen LogP contribution in [0.15, 0.2) is 12.1 Å². The van der Waals surface area contributed by atoms with Gasteiger partial charge >= 0.3 is 6.18 Å². The molecule has 0 spiro atoms. The highest BCUT2D eigenvalue weighted by Crippen LogP contribution is 2.32. The third-order valence-electron chi connectivity index (χ3n) is 2.50. The van der Waals surface area contributed by atoms with Crippen molar-refractivity contribution in [3.63, 3.8) is 0 Å². The Hall–Kier alpha value is -1.54. The topological polar surface area (TPSA) is 77.4 Å². The third-order valence-corrected chi connectivity index (χ3v) is 2.50. The maximum absolute atomic E-state index is 12.8. The fourth-order valence-corrected chi connectivity index (χ4v) is 1.47. The number of aliphatic hydroxyl groups is 2. The van der Waals surface area contributed by atoms with Crippen LogP contribution in [0.1, 0.15) is 18.9 Å². The van der Waals surface area contributed by atoms with Crippen LogP contribution >= 0.6 is 0 Å². The van der Waals surface area contributed by atoms with Crippen molar-refractivity contribution >= 4 is 11.6 Å². The molecule has 1 aromatic heterocycles. The minimum absolute atomic E-state index is 0.0495. The molecule has 0 aliphatic rings. The lowest BCUT2D eigenvalue weighted by Gasteiger charge is -2.17. The van der Waals surface area contributed by atoms with Gasteiger partial charge in [-0.2, -0.15) is 13.2 Å². The zero-order valence-corrected chi connectivity index (χ0v) is 11.0. The second-order valence-electron chi connectivity index (χ2n) is 4.26. The van der Waals surface area contributed by atoms with E-state index < -0.39 is 31.0 Å². The molecule has 0 bridgehead atoms. The summed E-state index contributed by atoms with van der Waals surface area (Å²) in [6.45, 7) is 1.56. The molecular weight excluding hydrogens is 275 g/mol. The molecule has 8 heteroatoms. The summed E-state index contributed by atoms with van der Waals surface area (Å²) in [5, 5.41) is 23.2. The lowest BCUT2D eigenvalue weighted by molar-refractivity contribution is -0.137. The van der Waals surface area contributed by atoms with E-state index in [4.69, 9.17) is 10.2 Å². The van der Waals surface area contributed by atoms with Gasteiger partial charge in [0.2, 0.25) is 0 Å². The number of anilines is 2. The first-order chi connectivity index (χ1) is 9.40. The molecule has 1 aromatic rings. The Kier molecular flexibility index (Phi) is 6.03. The second kappa shape index (κ2) is 7.30. The Morgan fingerprint density at radius 1 is 1.20 bits per heavy atom. The van der Waals surface area contributed by atoms with Crippen LogP contribution in [-0.2, 0) is 6.18 Å². The lowest BCUT2D eigenvalue weighted by atomic mass is 10.2. The number of hydrogen-bond acceptors (Lipinski definition) is 5. The standard InChI is InChI=1S/C12H18F3N3O2/c1-2-3-16-10-4-8(12(13,14)15)5-11(18-10)17-9(6-19)7-20/h4-5,9,19-20H,2-3,6-7H2,1H3,(H2,16,17,18). The van der Waals surface area contributed by atoms with Crippen molar-refractivity contribution in [3.8, 4) is 0 Å². The molecule has 1 heterocycles. The van der Waals surface area contributed by atoms with Gasteiger partial charge in [-0.15, -0.1) is 0 Å². The fourth-order valence-electron chi connectivity index (χ4n) is 1.47. The average Bonchev–Trinajstić information content (AvgIpc) is 2.41. The fraction of sp³-hybridized carbons (Fsp3) is 0.583. The molecule has 0 aliphatic heterocycles. The molecule has 5 nitrogen and oxygen atoms in total. The number of pyridine rings is 1. The first-order valence-corrected chi connectivity index (χ1v) is 6.22. The Bertz CT molecular complexity index is 423. The molecule has 0 unspecified atom stereocenters. The van der Waals surface area contributed by atoms with E-state index in [1.54, 1.807) is 0 Å². The zero-order chi connectivity index (χ0) is 15.2. The van der Waals surface area contributed by atoms with E-state index in [9.17, 15) is 13.2 Å². The van der Waals surface area contributed by atoms with Crippen molar-refractivity contribution in [2.75, 3.05) is 30.4 Å². The van der Waals surface area contributed by atoms with Gasteiger partial charge in [0.1, 0.15) is 11.6 Å². The summed E-state index contributed by atoms with van der Waals surface area (Å²) in [6.07, 6.45) is -3.74. The van der Waals surface area contributed by atoms with Gasteiger partial charge in [0.25, 0.3) is 0 Å². The quantitative estimate of drug-likeness (QED) is 0.615. The number of aliphatic hydroxyl groups excluding tert-OH is 2. The molecule has 114 valence electrons. The van der Waals surface area contributed by atoms with Gasteiger partial charge in [0, 0.05) is 6.54 Å². The SMILES string of the molecule is CCCNc1cc(C(F)(F)F)cc(NC(CO)CO)n1. The van der Waals surface area contributed by atoms with Gasteiger partial charge in [0.05, 0.1) is 24.8 Å². The Morgan fingerprint density at radius 3 is 2.30 bits per heavy atom. The van der Waals surface area contributed by atoms with E-state index in [0.29, 0.717) is 6.54 Å². The van der Waals surface area contributed by atoms with Crippen molar-refractivity contribution in [2.45, 2.75) is 25.6 Å². The van der Waals surface area contributed by atoms with Crippen molar-refractivity contribution in [1.82, 2.24) is 4.98 Å². The Labute approximate surface area is 114 Å². The molecule has 1 rings (SSSR count). The third kappa shape index (κ3) is 4.86. The van der Waals surface area contributed by atoms with Crippen molar-refractivity contribution in [3.05, 3.63) is 17.7 Å². The van der Waals surface area contributed by atoms with E-state index in [2.05, 4.69) is 15.6 Å². The monoisotopic (exact) mass is 293 g/mol. The van der Waals surface area contributed by atoms with Crippen molar-refractivity contribution < 1.29 is 23.4 Å². The summed E-state index contributed by atoms with van der Waals surface area (Å²) in [5.41, 5.74) is -0.844. The Balaban J connectivity index is 3.03. The second-order valence-corrected chi connectivity index (χ2v) is 4.26. The average molecular weight is 293 g/mol. The van der Waals surface area contributed by atoms with E-state index in [0.717, 1.165) is 18.6 Å². The molecular formula is C12H18F3N3O2. The maximum Gasteiger partial charge on any atom is 0.416 e. The van der Waals surface area contributed by atoms with Crippen LogP contribution in [0.25, 0.3) is 0 Å². The first-order valence-electron chi connectivity index (χ1n) is 6.22. The molecule has 0 radical (unpaired) electrons. The minimum Gasteiger partial charge on any atom is -0.394 e. The molecule has 0 saturated carbocycles. The number of nitrogens with zero attached hydrogens (tertiary/aromatic N) is 1. The summed E-state index contributed by atoms with van der Waals surface area (Å²) in [6, 6.07) is 1.01. The van der Waals surface area contributed by atoms with Gasteiger partial charge in [-0.1, -0.05) is 6.92 Å². The molecule has 0 saturated heterocycles. The molecule has 0 atom stereocenters. The van der Waals surface area contributed by atoms with Crippen molar-refractivity contribution in [1.29, 1.82) is 0 Å². The number of alkyl halides is 3. The van der Waals surface area contributed by atoms with Gasteiger partial charge in [-0.3, -0.25) is 0 Å². The first kappa shape index (κ1) is 16.5. The molecule has 0 aliphatic carbocycles. The van der Waals surface area contributed by atoms with Crippen LogP contribution in [0.5, 0.6) is 0 Å². The van der Waals surface area contributed by atoms with Crippen LogP contribution < -0.4 is 10.6 Å². The predicted molar refractivity (Wildman–Crippen MR) is 69.6 cm³/mol. The lowest BCUT2D eigenvalue weighted by Crippen LogP contribution is -2.28. The van der Waals surface area contributed by atoms with Crippen molar-refractivity contribution in [2.24, 2.45) is 0 Å². The summed E-state index contributed by atoms with van der Waals surface area (Å²) in [5.74, 6) is 0.0466. The normalized spacial score (nSPS) is 11.8. The minimum atomic E-state index is -4.49.